The summed E-state index contributed by atoms with van der Waals surface area (Å²) >= 11 is 0. The first-order chi connectivity index (χ1) is 9.70. The molecule has 2 saturated heterocycles. The van der Waals surface area contributed by atoms with E-state index >= 15 is 0 Å². The molecule has 0 aliphatic carbocycles. The Bertz CT molecular complexity index is 437. The van der Waals surface area contributed by atoms with Crippen molar-refractivity contribution in [3.05, 3.63) is 35.9 Å². The second-order valence-electron chi connectivity index (χ2n) is 4.94. The molecule has 2 N–H and O–H groups in total. The number of aliphatic hydroxyl groups is 2. The van der Waals surface area contributed by atoms with E-state index in [0.717, 1.165) is 5.56 Å². The summed E-state index contributed by atoms with van der Waals surface area (Å²) in [6, 6.07) is 9.45. The van der Waals surface area contributed by atoms with Gasteiger partial charge in [-0.25, -0.2) is 0 Å². The van der Waals surface area contributed by atoms with Crippen LogP contribution in [0.1, 0.15) is 11.9 Å². The Hall–Kier alpha value is -1.02. The maximum atomic E-state index is 10.1. The zero-order chi connectivity index (χ0) is 14.1. The number of hydrogen-bond acceptors (Lipinski definition) is 6. The summed E-state index contributed by atoms with van der Waals surface area (Å²) in [4.78, 5) is 0. The molecular weight excluding hydrogens is 264 g/mol. The van der Waals surface area contributed by atoms with Crippen molar-refractivity contribution in [1.29, 1.82) is 0 Å². The predicted octanol–water partition coefficient (Wildman–Crippen LogP) is 0.194. The van der Waals surface area contributed by atoms with E-state index in [1.807, 2.05) is 30.3 Å². The van der Waals surface area contributed by atoms with Gasteiger partial charge in [0.1, 0.15) is 24.4 Å². The van der Waals surface area contributed by atoms with Crippen LogP contribution in [-0.4, -0.2) is 54.6 Å². The van der Waals surface area contributed by atoms with E-state index < -0.39 is 37.0 Å². The van der Waals surface area contributed by atoms with Crippen molar-refractivity contribution in [3.63, 3.8) is 0 Å². The average Bonchev–Trinajstić information content (AvgIpc) is 2.51. The molecule has 6 heteroatoms. The first-order valence-corrected chi connectivity index (χ1v) is 6.57. The summed E-state index contributed by atoms with van der Waals surface area (Å²) in [5.74, 6) is 0. The predicted molar refractivity (Wildman–Crippen MR) is 67.7 cm³/mol. The number of rotatable bonds is 2. The van der Waals surface area contributed by atoms with Gasteiger partial charge in [0.25, 0.3) is 0 Å². The van der Waals surface area contributed by atoms with Crippen LogP contribution < -0.4 is 0 Å². The maximum Gasteiger partial charge on any atom is 0.186 e. The molecule has 6 nitrogen and oxygen atoms in total. The van der Waals surface area contributed by atoms with Gasteiger partial charge in [-0.2, -0.15) is 0 Å². The van der Waals surface area contributed by atoms with Gasteiger partial charge in [-0.15, -0.1) is 0 Å². The second-order valence-corrected chi connectivity index (χ2v) is 4.94. The molecule has 0 saturated carbocycles. The van der Waals surface area contributed by atoms with Crippen LogP contribution in [0, 0.1) is 0 Å². The highest BCUT2D eigenvalue weighted by Gasteiger charge is 2.48. The quantitative estimate of drug-likeness (QED) is 0.806. The van der Waals surface area contributed by atoms with Crippen LogP contribution in [0.3, 0.4) is 0 Å². The molecule has 2 fully saturated rings. The monoisotopic (exact) mass is 282 g/mol. The SMILES string of the molecule is COC1OC2COC(c3ccccc3)OC2C(O)C1O. The number of benzene rings is 1. The largest absolute Gasteiger partial charge is 0.387 e. The third-order valence-corrected chi connectivity index (χ3v) is 3.64. The van der Waals surface area contributed by atoms with Crippen molar-refractivity contribution >= 4 is 0 Å². The Kier molecular flexibility index (Phi) is 4.02. The Labute approximate surface area is 116 Å². The molecule has 20 heavy (non-hydrogen) atoms. The first kappa shape index (κ1) is 13.9. The lowest BCUT2D eigenvalue weighted by Crippen LogP contribution is -2.62. The number of methoxy groups -OCH3 is 1. The molecule has 6 atom stereocenters. The van der Waals surface area contributed by atoms with Crippen LogP contribution in [-0.2, 0) is 18.9 Å². The molecule has 0 amide bonds. The molecule has 1 aromatic carbocycles. The van der Waals surface area contributed by atoms with Gasteiger partial charge in [0, 0.05) is 12.7 Å². The highest BCUT2D eigenvalue weighted by molar-refractivity contribution is 5.16. The lowest BCUT2D eigenvalue weighted by Gasteiger charge is -2.45. The van der Waals surface area contributed by atoms with Crippen molar-refractivity contribution in [3.8, 4) is 0 Å². The molecule has 0 aromatic heterocycles. The van der Waals surface area contributed by atoms with Gasteiger partial charge in [-0.1, -0.05) is 30.3 Å². The van der Waals surface area contributed by atoms with Crippen LogP contribution in [0.4, 0.5) is 0 Å². The average molecular weight is 282 g/mol. The second kappa shape index (κ2) is 5.77. The number of ether oxygens (including phenoxy) is 4. The van der Waals surface area contributed by atoms with Crippen molar-refractivity contribution in [2.75, 3.05) is 13.7 Å². The third kappa shape index (κ3) is 2.46. The van der Waals surface area contributed by atoms with E-state index in [9.17, 15) is 10.2 Å². The van der Waals surface area contributed by atoms with Gasteiger partial charge in [0.05, 0.1) is 6.61 Å². The summed E-state index contributed by atoms with van der Waals surface area (Å²) in [6.45, 7) is 0.272. The van der Waals surface area contributed by atoms with Gasteiger partial charge in [-0.3, -0.25) is 0 Å². The van der Waals surface area contributed by atoms with E-state index in [1.54, 1.807) is 0 Å². The van der Waals surface area contributed by atoms with Crippen molar-refractivity contribution < 1.29 is 29.2 Å². The normalized spacial score (nSPS) is 41.1. The molecule has 0 radical (unpaired) electrons. The molecule has 0 spiro atoms. The Morgan fingerprint density at radius 3 is 2.55 bits per heavy atom. The van der Waals surface area contributed by atoms with E-state index in [0.29, 0.717) is 0 Å². The minimum atomic E-state index is -1.14. The number of aliphatic hydroxyl groups excluding tert-OH is 2. The molecule has 3 rings (SSSR count). The number of hydrogen-bond donors (Lipinski definition) is 2. The topological polar surface area (TPSA) is 77.4 Å². The fraction of sp³-hybridized carbons (Fsp3) is 0.571. The van der Waals surface area contributed by atoms with Crippen LogP contribution in [0.2, 0.25) is 0 Å². The zero-order valence-corrected chi connectivity index (χ0v) is 11.1. The Balaban J connectivity index is 1.74. The van der Waals surface area contributed by atoms with Crippen molar-refractivity contribution in [2.45, 2.75) is 37.0 Å². The molecule has 2 aliphatic heterocycles. The summed E-state index contributed by atoms with van der Waals surface area (Å²) in [5.41, 5.74) is 0.863. The summed E-state index contributed by atoms with van der Waals surface area (Å²) < 4.78 is 21.9. The van der Waals surface area contributed by atoms with Crippen LogP contribution in [0.15, 0.2) is 30.3 Å². The molecular formula is C14H18O6. The Morgan fingerprint density at radius 1 is 1.10 bits per heavy atom. The van der Waals surface area contributed by atoms with Crippen LogP contribution >= 0.6 is 0 Å². The molecule has 2 aliphatic rings. The van der Waals surface area contributed by atoms with Crippen molar-refractivity contribution in [2.24, 2.45) is 0 Å². The van der Waals surface area contributed by atoms with Crippen molar-refractivity contribution in [1.82, 2.24) is 0 Å². The zero-order valence-electron chi connectivity index (χ0n) is 11.1. The van der Waals surface area contributed by atoms with E-state index in [-0.39, 0.29) is 6.61 Å². The highest BCUT2D eigenvalue weighted by Crippen LogP contribution is 2.33. The van der Waals surface area contributed by atoms with E-state index in [4.69, 9.17) is 18.9 Å². The van der Waals surface area contributed by atoms with Crippen LogP contribution in [0.25, 0.3) is 0 Å². The van der Waals surface area contributed by atoms with Gasteiger partial charge in [-0.05, 0) is 0 Å². The molecule has 1 aromatic rings. The molecule has 110 valence electrons. The van der Waals surface area contributed by atoms with Gasteiger partial charge in [0.2, 0.25) is 0 Å². The standard InChI is InChI=1S/C14H18O6/c1-17-14-11(16)10(15)12-9(19-14)7-18-13(20-12)8-5-3-2-4-6-8/h2-6,9-16H,7H2,1H3. The van der Waals surface area contributed by atoms with E-state index in [1.165, 1.54) is 7.11 Å². The van der Waals surface area contributed by atoms with E-state index in [2.05, 4.69) is 0 Å². The minimum absolute atomic E-state index is 0.272. The van der Waals surface area contributed by atoms with Crippen LogP contribution in [0.5, 0.6) is 0 Å². The minimum Gasteiger partial charge on any atom is -0.387 e. The lowest BCUT2D eigenvalue weighted by molar-refractivity contribution is -0.358. The van der Waals surface area contributed by atoms with Gasteiger partial charge < -0.3 is 29.2 Å². The molecule has 2 heterocycles. The summed E-state index contributed by atoms with van der Waals surface area (Å²) in [5, 5.41) is 20.1. The smallest absolute Gasteiger partial charge is 0.186 e. The highest BCUT2D eigenvalue weighted by atomic mass is 16.7. The summed E-state index contributed by atoms with van der Waals surface area (Å²) in [7, 11) is 1.41. The molecule has 6 unspecified atom stereocenters. The molecule has 0 bridgehead atoms. The fourth-order valence-corrected chi connectivity index (χ4v) is 2.55. The lowest BCUT2D eigenvalue weighted by atomic mass is 9.98. The third-order valence-electron chi connectivity index (χ3n) is 3.64. The number of fused-ring (bicyclic) bond motifs is 1. The maximum absolute atomic E-state index is 10.1. The fourth-order valence-electron chi connectivity index (χ4n) is 2.55. The van der Waals surface area contributed by atoms with Gasteiger partial charge in [0.15, 0.2) is 12.6 Å². The Morgan fingerprint density at radius 2 is 1.85 bits per heavy atom. The van der Waals surface area contributed by atoms with Gasteiger partial charge >= 0.3 is 0 Å². The summed E-state index contributed by atoms with van der Waals surface area (Å²) in [6.07, 6.45) is -4.76. The first-order valence-electron chi connectivity index (χ1n) is 6.57.